The first-order valence-electron chi connectivity index (χ1n) is 6.77. The molecule has 1 aromatic rings. The third-order valence-electron chi connectivity index (χ3n) is 3.66. The van der Waals surface area contributed by atoms with Gasteiger partial charge >= 0.3 is 0 Å². The van der Waals surface area contributed by atoms with Crippen molar-refractivity contribution in [3.05, 3.63) is 35.6 Å². The van der Waals surface area contributed by atoms with Gasteiger partial charge in [0.1, 0.15) is 5.82 Å². The molecule has 0 amide bonds. The van der Waals surface area contributed by atoms with Crippen LogP contribution in [-0.4, -0.2) is 18.8 Å². The van der Waals surface area contributed by atoms with Crippen molar-refractivity contribution in [3.63, 3.8) is 0 Å². The van der Waals surface area contributed by atoms with Crippen molar-refractivity contribution < 1.29 is 9.13 Å². The quantitative estimate of drug-likeness (QED) is 0.873. The molecule has 18 heavy (non-hydrogen) atoms. The van der Waals surface area contributed by atoms with Crippen LogP contribution < -0.4 is 5.73 Å². The first kappa shape index (κ1) is 13.5. The molecule has 0 aromatic heterocycles. The van der Waals surface area contributed by atoms with E-state index in [0.29, 0.717) is 24.7 Å². The van der Waals surface area contributed by atoms with Crippen LogP contribution in [0.15, 0.2) is 24.3 Å². The molecule has 0 bridgehead atoms. The molecule has 2 nitrogen and oxygen atoms in total. The van der Waals surface area contributed by atoms with Crippen molar-refractivity contribution in [3.8, 4) is 0 Å². The summed E-state index contributed by atoms with van der Waals surface area (Å²) in [6.45, 7) is 2.74. The SMILES string of the molecule is CC1CCC(CC(CN)Cc2cccc(F)c2)O1. The van der Waals surface area contributed by atoms with Gasteiger partial charge in [-0.25, -0.2) is 4.39 Å². The number of benzene rings is 1. The van der Waals surface area contributed by atoms with Crippen LogP contribution in [0.2, 0.25) is 0 Å². The summed E-state index contributed by atoms with van der Waals surface area (Å²) in [6, 6.07) is 6.79. The van der Waals surface area contributed by atoms with Crippen LogP contribution in [0.3, 0.4) is 0 Å². The number of halogens is 1. The number of nitrogens with two attached hydrogens (primary N) is 1. The highest BCUT2D eigenvalue weighted by atomic mass is 19.1. The van der Waals surface area contributed by atoms with E-state index >= 15 is 0 Å². The predicted molar refractivity (Wildman–Crippen MR) is 70.8 cm³/mol. The molecule has 1 aliphatic heterocycles. The highest BCUT2D eigenvalue weighted by molar-refractivity contribution is 5.17. The van der Waals surface area contributed by atoms with Crippen molar-refractivity contribution in [2.45, 2.75) is 44.8 Å². The Kier molecular flexibility index (Phi) is 4.72. The zero-order chi connectivity index (χ0) is 13.0. The van der Waals surface area contributed by atoms with Gasteiger partial charge in [0.15, 0.2) is 0 Å². The summed E-state index contributed by atoms with van der Waals surface area (Å²) in [5.41, 5.74) is 6.85. The van der Waals surface area contributed by atoms with E-state index in [1.54, 1.807) is 12.1 Å². The fourth-order valence-corrected chi connectivity index (χ4v) is 2.69. The van der Waals surface area contributed by atoms with E-state index in [1.165, 1.54) is 6.07 Å². The molecule has 3 atom stereocenters. The second-order valence-corrected chi connectivity index (χ2v) is 5.32. The van der Waals surface area contributed by atoms with E-state index in [4.69, 9.17) is 10.5 Å². The highest BCUT2D eigenvalue weighted by Crippen LogP contribution is 2.25. The number of ether oxygens (including phenoxy) is 1. The highest BCUT2D eigenvalue weighted by Gasteiger charge is 2.24. The summed E-state index contributed by atoms with van der Waals surface area (Å²) < 4.78 is 18.9. The number of rotatable bonds is 5. The first-order chi connectivity index (χ1) is 8.67. The monoisotopic (exact) mass is 251 g/mol. The van der Waals surface area contributed by atoms with Crippen molar-refractivity contribution in [1.29, 1.82) is 0 Å². The van der Waals surface area contributed by atoms with Crippen LogP contribution in [0.25, 0.3) is 0 Å². The summed E-state index contributed by atoms with van der Waals surface area (Å²) in [5.74, 6) is 0.205. The summed E-state index contributed by atoms with van der Waals surface area (Å²) in [4.78, 5) is 0. The number of hydrogen-bond donors (Lipinski definition) is 1. The summed E-state index contributed by atoms with van der Waals surface area (Å²) >= 11 is 0. The first-order valence-corrected chi connectivity index (χ1v) is 6.77. The summed E-state index contributed by atoms with van der Waals surface area (Å²) in [6.07, 6.45) is 4.80. The Bertz CT molecular complexity index is 383. The fourth-order valence-electron chi connectivity index (χ4n) is 2.69. The maximum atomic E-state index is 13.1. The minimum absolute atomic E-state index is 0.172. The second kappa shape index (κ2) is 6.30. The molecule has 3 heteroatoms. The maximum absolute atomic E-state index is 13.1. The van der Waals surface area contributed by atoms with E-state index in [1.807, 2.05) is 6.07 Å². The standard InChI is InChI=1S/C15H22FNO/c1-11-5-6-15(18-11)9-13(10-17)7-12-3-2-4-14(16)8-12/h2-4,8,11,13,15H,5-7,9-10,17H2,1H3. The molecule has 0 radical (unpaired) electrons. The van der Waals surface area contributed by atoms with Crippen molar-refractivity contribution in [1.82, 2.24) is 0 Å². The van der Waals surface area contributed by atoms with Gasteiger partial charge in [0, 0.05) is 0 Å². The van der Waals surface area contributed by atoms with E-state index in [0.717, 1.165) is 31.2 Å². The minimum Gasteiger partial charge on any atom is -0.375 e. The molecule has 1 aromatic carbocycles. The van der Waals surface area contributed by atoms with Gasteiger partial charge in [-0.05, 0) is 62.8 Å². The lowest BCUT2D eigenvalue weighted by molar-refractivity contribution is 0.0415. The molecule has 1 fully saturated rings. The fraction of sp³-hybridized carbons (Fsp3) is 0.600. The van der Waals surface area contributed by atoms with Crippen LogP contribution in [0.4, 0.5) is 4.39 Å². The molecule has 3 unspecified atom stereocenters. The Balaban J connectivity index is 1.89. The van der Waals surface area contributed by atoms with Crippen LogP contribution in [0.1, 0.15) is 31.7 Å². The van der Waals surface area contributed by atoms with Gasteiger partial charge < -0.3 is 10.5 Å². The smallest absolute Gasteiger partial charge is 0.123 e. The maximum Gasteiger partial charge on any atom is 0.123 e. The minimum atomic E-state index is -0.172. The third kappa shape index (κ3) is 3.79. The Labute approximate surface area is 108 Å². The molecule has 100 valence electrons. The lowest BCUT2D eigenvalue weighted by Crippen LogP contribution is -2.23. The Hall–Kier alpha value is -0.930. The molecule has 0 spiro atoms. The molecule has 2 rings (SSSR count). The predicted octanol–water partition coefficient (Wildman–Crippen LogP) is 2.90. The van der Waals surface area contributed by atoms with Gasteiger partial charge in [0.25, 0.3) is 0 Å². The van der Waals surface area contributed by atoms with Crippen LogP contribution in [0, 0.1) is 11.7 Å². The molecule has 0 saturated carbocycles. The average molecular weight is 251 g/mol. The number of hydrogen-bond acceptors (Lipinski definition) is 2. The largest absolute Gasteiger partial charge is 0.375 e. The Morgan fingerprint density at radius 1 is 1.44 bits per heavy atom. The van der Waals surface area contributed by atoms with E-state index in [2.05, 4.69) is 6.92 Å². The van der Waals surface area contributed by atoms with E-state index in [-0.39, 0.29) is 5.82 Å². The molecule has 2 N–H and O–H groups in total. The Morgan fingerprint density at radius 2 is 2.28 bits per heavy atom. The third-order valence-corrected chi connectivity index (χ3v) is 3.66. The molecular formula is C15H22FNO. The molecule has 1 saturated heterocycles. The molecule has 0 aliphatic carbocycles. The van der Waals surface area contributed by atoms with Crippen molar-refractivity contribution >= 4 is 0 Å². The van der Waals surface area contributed by atoms with E-state index < -0.39 is 0 Å². The second-order valence-electron chi connectivity index (χ2n) is 5.32. The molecule has 1 aliphatic rings. The summed E-state index contributed by atoms with van der Waals surface area (Å²) in [7, 11) is 0. The van der Waals surface area contributed by atoms with Crippen molar-refractivity contribution in [2.24, 2.45) is 11.7 Å². The average Bonchev–Trinajstić information content (AvgIpc) is 2.74. The van der Waals surface area contributed by atoms with Gasteiger partial charge in [-0.1, -0.05) is 12.1 Å². The zero-order valence-electron chi connectivity index (χ0n) is 10.9. The lowest BCUT2D eigenvalue weighted by atomic mass is 9.93. The lowest BCUT2D eigenvalue weighted by Gasteiger charge is -2.19. The van der Waals surface area contributed by atoms with Crippen molar-refractivity contribution in [2.75, 3.05) is 6.54 Å². The van der Waals surface area contributed by atoms with Gasteiger partial charge in [0.2, 0.25) is 0 Å². The molecular weight excluding hydrogens is 229 g/mol. The van der Waals surface area contributed by atoms with Crippen LogP contribution in [-0.2, 0) is 11.2 Å². The van der Waals surface area contributed by atoms with Gasteiger partial charge in [-0.3, -0.25) is 0 Å². The normalized spacial score (nSPS) is 25.3. The Morgan fingerprint density at radius 3 is 2.89 bits per heavy atom. The summed E-state index contributed by atoms with van der Waals surface area (Å²) in [5, 5.41) is 0. The van der Waals surface area contributed by atoms with E-state index in [9.17, 15) is 4.39 Å². The topological polar surface area (TPSA) is 35.2 Å². The van der Waals surface area contributed by atoms with Crippen LogP contribution >= 0.6 is 0 Å². The van der Waals surface area contributed by atoms with Gasteiger partial charge in [-0.15, -0.1) is 0 Å². The van der Waals surface area contributed by atoms with Gasteiger partial charge in [-0.2, -0.15) is 0 Å². The zero-order valence-corrected chi connectivity index (χ0v) is 10.9. The van der Waals surface area contributed by atoms with Crippen LogP contribution in [0.5, 0.6) is 0 Å². The van der Waals surface area contributed by atoms with Gasteiger partial charge in [0.05, 0.1) is 12.2 Å². The molecule has 1 heterocycles.